The third-order valence-corrected chi connectivity index (χ3v) is 5.61. The van der Waals surface area contributed by atoms with E-state index in [0.717, 1.165) is 42.9 Å². The molecule has 6 heteroatoms. The van der Waals surface area contributed by atoms with Crippen molar-refractivity contribution in [2.24, 2.45) is 5.92 Å². The lowest BCUT2D eigenvalue weighted by Gasteiger charge is -2.37. The van der Waals surface area contributed by atoms with E-state index in [1.54, 1.807) is 0 Å². The summed E-state index contributed by atoms with van der Waals surface area (Å²) >= 11 is 0. The van der Waals surface area contributed by atoms with Crippen molar-refractivity contribution < 1.29 is 19.1 Å². The van der Waals surface area contributed by atoms with Crippen molar-refractivity contribution in [3.05, 3.63) is 30.2 Å². The van der Waals surface area contributed by atoms with Crippen molar-refractivity contribution in [2.45, 2.75) is 43.7 Å². The number of ether oxygens (including phenoxy) is 1. The standard InChI is InChI=1S/C19H24N2O4/c1-24-19(23)13-9-15(16(22)10-13)21-8-4-5-12(11-21)18-20-14-6-2-3-7-17(14)25-18/h2-3,6-7,12-13,15-16,22H,4-5,8-11H2,1H3/t12-,13-,15-,16-/m0/s1. The minimum absolute atomic E-state index is 0.0104. The number of para-hydroxylation sites is 2. The van der Waals surface area contributed by atoms with Gasteiger partial charge in [0.05, 0.1) is 19.1 Å². The van der Waals surface area contributed by atoms with Crippen LogP contribution in [0.15, 0.2) is 28.7 Å². The molecule has 1 N–H and O–H groups in total. The number of fused-ring (bicyclic) bond motifs is 1. The van der Waals surface area contributed by atoms with E-state index in [0.29, 0.717) is 12.8 Å². The zero-order chi connectivity index (χ0) is 17.4. The second-order valence-electron chi connectivity index (χ2n) is 7.18. The topological polar surface area (TPSA) is 75.8 Å². The lowest BCUT2D eigenvalue weighted by Crippen LogP contribution is -2.45. The fourth-order valence-corrected chi connectivity index (χ4v) is 4.32. The minimum atomic E-state index is -0.480. The lowest BCUT2D eigenvalue weighted by molar-refractivity contribution is -0.145. The number of methoxy groups -OCH3 is 1. The maximum Gasteiger partial charge on any atom is 0.308 e. The third-order valence-electron chi connectivity index (χ3n) is 5.61. The van der Waals surface area contributed by atoms with Gasteiger partial charge >= 0.3 is 5.97 Å². The Hall–Kier alpha value is -1.92. The number of carbonyl (C=O) groups is 1. The average molecular weight is 344 g/mol. The number of hydrogen-bond donors (Lipinski definition) is 1. The molecule has 2 aliphatic rings. The molecule has 1 aromatic heterocycles. The van der Waals surface area contributed by atoms with Gasteiger partial charge in [0.1, 0.15) is 5.52 Å². The van der Waals surface area contributed by atoms with Gasteiger partial charge in [-0.1, -0.05) is 12.1 Å². The van der Waals surface area contributed by atoms with Crippen LogP contribution in [0, 0.1) is 5.92 Å². The molecule has 6 nitrogen and oxygen atoms in total. The molecular formula is C19H24N2O4. The van der Waals surface area contributed by atoms with Gasteiger partial charge in [-0.15, -0.1) is 0 Å². The number of aromatic nitrogens is 1. The fraction of sp³-hybridized carbons (Fsp3) is 0.579. The first kappa shape index (κ1) is 16.5. The first-order valence-electron chi connectivity index (χ1n) is 9.01. The van der Waals surface area contributed by atoms with E-state index in [9.17, 15) is 9.90 Å². The molecule has 134 valence electrons. The molecule has 1 saturated carbocycles. The van der Waals surface area contributed by atoms with Gasteiger partial charge in [-0.3, -0.25) is 9.69 Å². The molecule has 2 heterocycles. The number of aliphatic hydroxyl groups excluding tert-OH is 1. The van der Waals surface area contributed by atoms with Gasteiger partial charge in [-0.25, -0.2) is 4.98 Å². The number of rotatable bonds is 3. The van der Waals surface area contributed by atoms with Crippen LogP contribution in [0.2, 0.25) is 0 Å². The van der Waals surface area contributed by atoms with E-state index < -0.39 is 6.10 Å². The van der Waals surface area contributed by atoms with Gasteiger partial charge < -0.3 is 14.3 Å². The fourth-order valence-electron chi connectivity index (χ4n) is 4.32. The SMILES string of the molecule is COC(=O)[C@@H]1C[C@H](O)[C@@H](N2CCC[C@H](c3nc4ccccc4o3)C2)C1. The van der Waals surface area contributed by atoms with Crippen LogP contribution in [0.1, 0.15) is 37.5 Å². The molecule has 4 rings (SSSR count). The quantitative estimate of drug-likeness (QED) is 0.861. The van der Waals surface area contributed by atoms with E-state index in [1.165, 1.54) is 7.11 Å². The van der Waals surface area contributed by atoms with Gasteiger partial charge in [-0.05, 0) is 44.4 Å². The first-order chi connectivity index (χ1) is 12.2. The number of hydrogen-bond acceptors (Lipinski definition) is 6. The van der Waals surface area contributed by atoms with Crippen LogP contribution >= 0.6 is 0 Å². The summed E-state index contributed by atoms with van der Waals surface area (Å²) in [6.45, 7) is 1.74. The predicted octanol–water partition coefficient (Wildman–Crippen LogP) is 2.32. The molecular weight excluding hydrogens is 320 g/mol. The molecule has 0 spiro atoms. The van der Waals surface area contributed by atoms with Crippen molar-refractivity contribution >= 4 is 17.1 Å². The zero-order valence-corrected chi connectivity index (χ0v) is 14.4. The van der Waals surface area contributed by atoms with Crippen LogP contribution in [0.25, 0.3) is 11.1 Å². The summed E-state index contributed by atoms with van der Waals surface area (Å²) < 4.78 is 10.8. The molecule has 2 fully saturated rings. The van der Waals surface area contributed by atoms with Gasteiger partial charge in [-0.2, -0.15) is 0 Å². The molecule has 1 aliphatic heterocycles. The monoisotopic (exact) mass is 344 g/mol. The molecule has 0 bridgehead atoms. The molecule has 2 aromatic rings. The molecule has 1 aromatic carbocycles. The number of esters is 1. The highest BCUT2D eigenvalue weighted by Crippen LogP contribution is 2.35. The van der Waals surface area contributed by atoms with Crippen molar-refractivity contribution in [1.82, 2.24) is 9.88 Å². The van der Waals surface area contributed by atoms with Crippen LogP contribution in [-0.2, 0) is 9.53 Å². The van der Waals surface area contributed by atoms with Crippen molar-refractivity contribution in [1.29, 1.82) is 0 Å². The van der Waals surface area contributed by atoms with E-state index >= 15 is 0 Å². The maximum atomic E-state index is 11.8. The molecule has 25 heavy (non-hydrogen) atoms. The molecule has 0 unspecified atom stereocenters. The Labute approximate surface area is 146 Å². The number of carbonyl (C=O) groups excluding carboxylic acids is 1. The van der Waals surface area contributed by atoms with Gasteiger partial charge in [0.2, 0.25) is 0 Å². The van der Waals surface area contributed by atoms with Crippen LogP contribution < -0.4 is 0 Å². The van der Waals surface area contributed by atoms with Gasteiger partial charge in [0.15, 0.2) is 11.5 Å². The Kier molecular flexibility index (Phi) is 4.48. The second-order valence-corrected chi connectivity index (χ2v) is 7.18. The molecule has 4 atom stereocenters. The van der Waals surface area contributed by atoms with Crippen LogP contribution in [0.3, 0.4) is 0 Å². The highest BCUT2D eigenvalue weighted by molar-refractivity contribution is 5.73. The molecule has 0 amide bonds. The number of piperidine rings is 1. The number of benzene rings is 1. The number of nitrogens with zero attached hydrogens (tertiary/aromatic N) is 2. The summed E-state index contributed by atoms with van der Waals surface area (Å²) in [5.74, 6) is 0.595. The largest absolute Gasteiger partial charge is 0.469 e. The van der Waals surface area contributed by atoms with Crippen LogP contribution in [-0.4, -0.2) is 53.3 Å². The average Bonchev–Trinajstić information content (AvgIpc) is 3.24. The van der Waals surface area contributed by atoms with Crippen molar-refractivity contribution in [3.8, 4) is 0 Å². The van der Waals surface area contributed by atoms with E-state index in [2.05, 4.69) is 9.88 Å². The Balaban J connectivity index is 1.48. The Morgan fingerprint density at radius 1 is 1.36 bits per heavy atom. The first-order valence-corrected chi connectivity index (χ1v) is 9.01. The van der Waals surface area contributed by atoms with Gasteiger partial charge in [0.25, 0.3) is 0 Å². The van der Waals surface area contributed by atoms with Crippen molar-refractivity contribution in [2.75, 3.05) is 20.2 Å². The summed E-state index contributed by atoms with van der Waals surface area (Å²) in [6, 6.07) is 7.82. The molecule has 0 radical (unpaired) electrons. The normalized spacial score (nSPS) is 30.6. The molecule has 1 aliphatic carbocycles. The van der Waals surface area contributed by atoms with Crippen LogP contribution in [0.4, 0.5) is 0 Å². The van der Waals surface area contributed by atoms with Crippen molar-refractivity contribution in [3.63, 3.8) is 0 Å². The Bertz CT molecular complexity index is 726. The summed E-state index contributed by atoms with van der Waals surface area (Å²) in [5, 5.41) is 10.4. The van der Waals surface area contributed by atoms with Crippen LogP contribution in [0.5, 0.6) is 0 Å². The van der Waals surface area contributed by atoms with Gasteiger partial charge in [0, 0.05) is 18.5 Å². The predicted molar refractivity (Wildman–Crippen MR) is 92.1 cm³/mol. The molecule has 1 saturated heterocycles. The maximum absolute atomic E-state index is 11.8. The van der Waals surface area contributed by atoms with E-state index in [-0.39, 0.29) is 23.8 Å². The van der Waals surface area contributed by atoms with E-state index in [1.807, 2.05) is 24.3 Å². The second kappa shape index (κ2) is 6.77. The third kappa shape index (κ3) is 3.16. The number of aliphatic hydroxyl groups is 1. The Morgan fingerprint density at radius 3 is 3.00 bits per heavy atom. The smallest absolute Gasteiger partial charge is 0.308 e. The minimum Gasteiger partial charge on any atom is -0.469 e. The highest BCUT2D eigenvalue weighted by Gasteiger charge is 2.42. The summed E-state index contributed by atoms with van der Waals surface area (Å²) in [5.41, 5.74) is 1.71. The zero-order valence-electron chi connectivity index (χ0n) is 14.4. The number of likely N-dealkylation sites (tertiary alicyclic amines) is 1. The Morgan fingerprint density at radius 2 is 2.20 bits per heavy atom. The van der Waals surface area contributed by atoms with E-state index in [4.69, 9.17) is 9.15 Å². The highest BCUT2D eigenvalue weighted by atomic mass is 16.5. The summed E-state index contributed by atoms with van der Waals surface area (Å²) in [7, 11) is 1.41. The number of oxazole rings is 1. The summed E-state index contributed by atoms with van der Waals surface area (Å²) in [6.07, 6.45) is 2.74. The lowest BCUT2D eigenvalue weighted by atomic mass is 9.95. The summed E-state index contributed by atoms with van der Waals surface area (Å²) in [4.78, 5) is 18.7.